The largest absolute Gasteiger partial charge is 0.454 e. The molecule has 0 unspecified atom stereocenters. The average Bonchev–Trinajstić information content (AvgIpc) is 3.53. The number of carbonyl (C=O) groups excluding carboxylic acids is 1. The number of fused-ring (bicyclic) bond motifs is 1. The molecule has 1 fully saturated rings. The van der Waals surface area contributed by atoms with Crippen LogP contribution in [0, 0.1) is 6.92 Å². The van der Waals surface area contributed by atoms with E-state index in [0.29, 0.717) is 12.1 Å². The molecule has 0 bridgehead atoms. The van der Waals surface area contributed by atoms with Crippen molar-refractivity contribution in [2.45, 2.75) is 45.2 Å². The normalized spacial score (nSPS) is 15.5. The number of amides is 1. The van der Waals surface area contributed by atoms with Gasteiger partial charge in [0.05, 0.1) is 23.1 Å². The number of nitrogens with zero attached hydrogens (tertiary/aromatic N) is 3. The third-order valence-corrected chi connectivity index (χ3v) is 6.06. The summed E-state index contributed by atoms with van der Waals surface area (Å²) < 4.78 is 12.8. The first-order valence-corrected chi connectivity index (χ1v) is 10.5. The summed E-state index contributed by atoms with van der Waals surface area (Å²) in [5.74, 6) is 1.55. The molecule has 0 N–H and O–H groups in total. The van der Waals surface area contributed by atoms with Gasteiger partial charge in [0.2, 0.25) is 6.79 Å². The maximum absolute atomic E-state index is 13.7. The summed E-state index contributed by atoms with van der Waals surface area (Å²) in [5, 5.41) is 4.50. The van der Waals surface area contributed by atoms with Crippen LogP contribution in [0.4, 0.5) is 0 Å². The van der Waals surface area contributed by atoms with Gasteiger partial charge in [0, 0.05) is 12.6 Å². The van der Waals surface area contributed by atoms with E-state index in [1.807, 2.05) is 65.0 Å². The second-order valence-corrected chi connectivity index (χ2v) is 7.95. The van der Waals surface area contributed by atoms with Gasteiger partial charge in [0.15, 0.2) is 11.5 Å². The Bertz CT molecular complexity index is 1050. The molecule has 154 valence electrons. The Morgan fingerprint density at radius 3 is 2.67 bits per heavy atom. The molecule has 5 rings (SSSR count). The lowest BCUT2D eigenvalue weighted by atomic mass is 10.1. The minimum absolute atomic E-state index is 0.0410. The van der Waals surface area contributed by atoms with Crippen LogP contribution in [0.15, 0.2) is 54.7 Å². The van der Waals surface area contributed by atoms with E-state index in [-0.39, 0.29) is 18.7 Å². The lowest BCUT2D eigenvalue weighted by Crippen LogP contribution is -2.38. The van der Waals surface area contributed by atoms with E-state index >= 15 is 0 Å². The van der Waals surface area contributed by atoms with Gasteiger partial charge in [0.25, 0.3) is 5.91 Å². The first-order valence-electron chi connectivity index (χ1n) is 10.5. The lowest BCUT2D eigenvalue weighted by Gasteiger charge is -2.29. The number of carbonyl (C=O) groups is 1. The highest BCUT2D eigenvalue weighted by Crippen LogP contribution is 2.34. The fraction of sp³-hybridized carbons (Fsp3) is 0.333. The molecule has 1 aromatic heterocycles. The van der Waals surface area contributed by atoms with Crippen LogP contribution in [0.1, 0.15) is 47.3 Å². The number of benzene rings is 2. The average molecular weight is 403 g/mol. The van der Waals surface area contributed by atoms with Crippen molar-refractivity contribution in [1.29, 1.82) is 0 Å². The van der Waals surface area contributed by atoms with Crippen molar-refractivity contribution in [1.82, 2.24) is 14.7 Å². The van der Waals surface area contributed by atoms with E-state index < -0.39 is 0 Å². The molecule has 2 aliphatic rings. The minimum atomic E-state index is 0.0410. The van der Waals surface area contributed by atoms with E-state index in [4.69, 9.17) is 9.47 Å². The van der Waals surface area contributed by atoms with Crippen LogP contribution in [-0.4, -0.2) is 33.4 Å². The summed E-state index contributed by atoms with van der Waals surface area (Å²) >= 11 is 0. The maximum atomic E-state index is 13.7. The topological polar surface area (TPSA) is 56.6 Å². The number of aromatic nitrogens is 2. The second kappa shape index (κ2) is 7.86. The molecule has 1 saturated carbocycles. The van der Waals surface area contributed by atoms with E-state index in [0.717, 1.165) is 54.1 Å². The molecule has 6 nitrogen and oxygen atoms in total. The highest BCUT2D eigenvalue weighted by molar-refractivity contribution is 5.95. The quantitative estimate of drug-likeness (QED) is 0.630. The third-order valence-electron chi connectivity index (χ3n) is 6.06. The monoisotopic (exact) mass is 403 g/mol. The predicted octanol–water partition coefficient (Wildman–Crippen LogP) is 4.49. The van der Waals surface area contributed by atoms with Crippen LogP contribution in [0.3, 0.4) is 0 Å². The molecule has 30 heavy (non-hydrogen) atoms. The number of para-hydroxylation sites is 1. The van der Waals surface area contributed by atoms with Crippen LogP contribution in [0.5, 0.6) is 11.5 Å². The summed E-state index contributed by atoms with van der Waals surface area (Å²) in [4.78, 5) is 15.7. The fourth-order valence-electron chi connectivity index (χ4n) is 4.42. The number of hydrogen-bond donors (Lipinski definition) is 0. The third kappa shape index (κ3) is 3.43. The first-order chi connectivity index (χ1) is 14.7. The van der Waals surface area contributed by atoms with Gasteiger partial charge in [-0.25, -0.2) is 4.68 Å². The van der Waals surface area contributed by atoms with Gasteiger partial charge in [0.1, 0.15) is 0 Å². The molecule has 3 aromatic rings. The summed E-state index contributed by atoms with van der Waals surface area (Å²) in [7, 11) is 0. The summed E-state index contributed by atoms with van der Waals surface area (Å²) in [6, 6.07) is 16.1. The molecule has 1 aliphatic carbocycles. The summed E-state index contributed by atoms with van der Waals surface area (Å²) in [6.45, 7) is 2.76. The van der Waals surface area contributed by atoms with Crippen molar-refractivity contribution in [3.8, 4) is 17.2 Å². The van der Waals surface area contributed by atoms with Crippen molar-refractivity contribution in [2.75, 3.05) is 6.79 Å². The van der Waals surface area contributed by atoms with Gasteiger partial charge < -0.3 is 14.4 Å². The van der Waals surface area contributed by atoms with E-state index in [2.05, 4.69) is 5.10 Å². The molecule has 0 spiro atoms. The van der Waals surface area contributed by atoms with Crippen molar-refractivity contribution >= 4 is 5.91 Å². The predicted molar refractivity (Wildman–Crippen MR) is 113 cm³/mol. The number of rotatable bonds is 5. The molecule has 0 saturated heterocycles. The van der Waals surface area contributed by atoms with Crippen molar-refractivity contribution < 1.29 is 14.3 Å². The van der Waals surface area contributed by atoms with Crippen molar-refractivity contribution in [3.63, 3.8) is 0 Å². The Morgan fingerprint density at radius 2 is 1.87 bits per heavy atom. The molecule has 2 heterocycles. The SMILES string of the molecule is Cc1c(C(=O)N(Cc2ccc3c(c2)OCO3)C2CCCC2)cnn1-c1ccccc1. The minimum Gasteiger partial charge on any atom is -0.454 e. The molecular weight excluding hydrogens is 378 g/mol. The molecule has 1 amide bonds. The first kappa shape index (κ1) is 18.7. The lowest BCUT2D eigenvalue weighted by molar-refractivity contribution is 0.0663. The van der Waals surface area contributed by atoms with Gasteiger partial charge in [-0.05, 0) is 49.6 Å². The van der Waals surface area contributed by atoms with Gasteiger partial charge in [-0.2, -0.15) is 5.10 Å². The van der Waals surface area contributed by atoms with Crippen LogP contribution in [-0.2, 0) is 6.54 Å². The van der Waals surface area contributed by atoms with Crippen molar-refractivity contribution in [2.24, 2.45) is 0 Å². The van der Waals surface area contributed by atoms with Gasteiger partial charge >= 0.3 is 0 Å². The van der Waals surface area contributed by atoms with Gasteiger partial charge in [-0.3, -0.25) is 4.79 Å². The van der Waals surface area contributed by atoms with Gasteiger partial charge in [-0.15, -0.1) is 0 Å². The van der Waals surface area contributed by atoms with E-state index in [9.17, 15) is 4.79 Å². The van der Waals surface area contributed by atoms with Crippen LogP contribution >= 0.6 is 0 Å². The number of hydrogen-bond acceptors (Lipinski definition) is 4. The smallest absolute Gasteiger partial charge is 0.257 e. The Morgan fingerprint density at radius 1 is 1.10 bits per heavy atom. The number of ether oxygens (including phenoxy) is 2. The maximum Gasteiger partial charge on any atom is 0.257 e. The zero-order chi connectivity index (χ0) is 20.5. The second-order valence-electron chi connectivity index (χ2n) is 7.95. The van der Waals surface area contributed by atoms with Crippen LogP contribution < -0.4 is 9.47 Å². The molecule has 1 aliphatic heterocycles. The fourth-order valence-corrected chi connectivity index (χ4v) is 4.42. The molecule has 2 aromatic carbocycles. The summed E-state index contributed by atoms with van der Waals surface area (Å²) in [5.41, 5.74) is 3.52. The Hall–Kier alpha value is -3.28. The highest BCUT2D eigenvalue weighted by Gasteiger charge is 2.30. The van der Waals surface area contributed by atoms with Crippen molar-refractivity contribution in [3.05, 3.63) is 71.5 Å². The van der Waals surface area contributed by atoms with E-state index in [1.165, 1.54) is 0 Å². The van der Waals surface area contributed by atoms with E-state index in [1.54, 1.807) is 6.20 Å². The van der Waals surface area contributed by atoms with Crippen LogP contribution in [0.25, 0.3) is 5.69 Å². The zero-order valence-electron chi connectivity index (χ0n) is 17.1. The summed E-state index contributed by atoms with van der Waals surface area (Å²) in [6.07, 6.45) is 6.12. The molecule has 0 atom stereocenters. The van der Waals surface area contributed by atoms with Crippen LogP contribution in [0.2, 0.25) is 0 Å². The Labute approximate surface area is 176 Å². The zero-order valence-corrected chi connectivity index (χ0v) is 17.1. The molecule has 6 heteroatoms. The highest BCUT2D eigenvalue weighted by atomic mass is 16.7. The van der Waals surface area contributed by atoms with Gasteiger partial charge in [-0.1, -0.05) is 37.1 Å². The Kier molecular flexibility index (Phi) is 4.91. The Balaban J connectivity index is 1.45. The molecule has 0 radical (unpaired) electrons. The standard InChI is InChI=1S/C24H25N3O3/c1-17-21(14-25-27(17)20-9-3-2-4-10-20)24(28)26(19-7-5-6-8-19)15-18-11-12-22-23(13-18)30-16-29-22/h2-4,9-14,19H,5-8,15-16H2,1H3. The molecular formula is C24H25N3O3.